The minimum absolute atomic E-state index is 0. The Hall–Kier alpha value is -0.380. The Kier molecular flexibility index (Phi) is 3.26. The number of nitrogens with two attached hydrogens (primary N) is 1. The van der Waals surface area contributed by atoms with Crippen molar-refractivity contribution < 1.29 is 0 Å². The van der Waals surface area contributed by atoms with Gasteiger partial charge in [0.2, 0.25) is 0 Å². The molecule has 12 heavy (non-hydrogen) atoms. The van der Waals surface area contributed by atoms with E-state index in [0.717, 1.165) is 18.0 Å². The van der Waals surface area contributed by atoms with E-state index in [4.69, 9.17) is 5.84 Å². The van der Waals surface area contributed by atoms with Gasteiger partial charge < -0.3 is 5.01 Å². The van der Waals surface area contributed by atoms with Gasteiger partial charge in [-0.15, -0.1) is 24.2 Å². The smallest absolute Gasteiger partial charge is 0.0653 e. The number of para-hydroxylation sites is 1. The van der Waals surface area contributed by atoms with Crippen LogP contribution in [0.15, 0.2) is 29.2 Å². The van der Waals surface area contributed by atoms with Gasteiger partial charge in [0.15, 0.2) is 0 Å². The molecule has 0 aliphatic carbocycles. The van der Waals surface area contributed by atoms with Crippen LogP contribution < -0.4 is 10.9 Å². The molecule has 0 atom stereocenters. The molecular formula is C8H11ClN2S. The molecule has 2 nitrogen and oxygen atoms in total. The zero-order valence-electron chi connectivity index (χ0n) is 6.56. The number of hydrogen-bond acceptors (Lipinski definition) is 3. The van der Waals surface area contributed by atoms with Crippen LogP contribution in [0.4, 0.5) is 5.69 Å². The highest BCUT2D eigenvalue weighted by atomic mass is 35.5. The Labute approximate surface area is 82.5 Å². The lowest BCUT2D eigenvalue weighted by Gasteiger charge is -2.25. The number of benzene rings is 1. The lowest BCUT2D eigenvalue weighted by atomic mass is 10.3. The first-order valence-corrected chi connectivity index (χ1v) is 4.60. The number of hydrogen-bond donors (Lipinski definition) is 1. The molecule has 1 aromatic rings. The van der Waals surface area contributed by atoms with Crippen molar-refractivity contribution in [3.63, 3.8) is 0 Å². The molecule has 66 valence electrons. The third-order valence-corrected chi connectivity index (χ3v) is 2.81. The summed E-state index contributed by atoms with van der Waals surface area (Å²) in [5, 5.41) is 1.81. The molecular weight excluding hydrogens is 192 g/mol. The molecule has 0 saturated heterocycles. The minimum Gasteiger partial charge on any atom is -0.309 e. The Morgan fingerprint density at radius 2 is 2.08 bits per heavy atom. The number of hydrazine groups is 1. The Balaban J connectivity index is 0.000000720. The van der Waals surface area contributed by atoms with Crippen LogP contribution in [0.1, 0.15) is 0 Å². The summed E-state index contributed by atoms with van der Waals surface area (Å²) in [6, 6.07) is 8.23. The van der Waals surface area contributed by atoms with Crippen LogP contribution in [-0.2, 0) is 0 Å². The van der Waals surface area contributed by atoms with Gasteiger partial charge in [-0.25, -0.2) is 5.84 Å². The zero-order chi connectivity index (χ0) is 7.68. The summed E-state index contributed by atoms with van der Waals surface area (Å²) in [6.07, 6.45) is 0. The summed E-state index contributed by atoms with van der Waals surface area (Å²) in [7, 11) is 0. The van der Waals surface area contributed by atoms with Gasteiger partial charge in [0, 0.05) is 17.2 Å². The van der Waals surface area contributed by atoms with Crippen LogP contribution in [0.25, 0.3) is 0 Å². The van der Waals surface area contributed by atoms with Crippen molar-refractivity contribution in [2.45, 2.75) is 4.90 Å². The first-order chi connectivity index (χ1) is 5.38. The summed E-state index contributed by atoms with van der Waals surface area (Å²) in [5.74, 6) is 6.86. The maximum absolute atomic E-state index is 5.77. The van der Waals surface area contributed by atoms with Crippen LogP contribution >= 0.6 is 24.2 Å². The number of halogens is 1. The molecule has 0 spiro atoms. The molecule has 4 heteroatoms. The number of anilines is 1. The first kappa shape index (κ1) is 9.71. The average molecular weight is 203 g/mol. The molecule has 2 rings (SSSR count). The lowest BCUT2D eigenvalue weighted by molar-refractivity contribution is 0.873. The first-order valence-electron chi connectivity index (χ1n) is 3.62. The summed E-state index contributed by atoms with van der Waals surface area (Å²) < 4.78 is 0. The highest BCUT2D eigenvalue weighted by Crippen LogP contribution is 2.32. The van der Waals surface area contributed by atoms with E-state index < -0.39 is 0 Å². The standard InChI is InChI=1S/C8H10N2S.ClH/c9-10-5-6-11-8-4-2-1-3-7(8)10;/h1-4H,5-6,9H2;1H. The van der Waals surface area contributed by atoms with Crippen LogP contribution in [0.2, 0.25) is 0 Å². The highest BCUT2D eigenvalue weighted by Gasteiger charge is 2.12. The van der Waals surface area contributed by atoms with Crippen molar-refractivity contribution in [3.8, 4) is 0 Å². The molecule has 0 aromatic heterocycles. The van der Waals surface area contributed by atoms with E-state index in [1.807, 2.05) is 28.9 Å². The van der Waals surface area contributed by atoms with Crippen molar-refractivity contribution in [2.75, 3.05) is 17.3 Å². The minimum atomic E-state index is 0. The fourth-order valence-electron chi connectivity index (χ4n) is 1.19. The largest absolute Gasteiger partial charge is 0.309 e. The average Bonchev–Trinajstić information content (AvgIpc) is 2.06. The van der Waals surface area contributed by atoms with Gasteiger partial charge in [0.25, 0.3) is 0 Å². The van der Waals surface area contributed by atoms with Crippen LogP contribution in [0, 0.1) is 0 Å². The maximum Gasteiger partial charge on any atom is 0.0653 e. The van der Waals surface area contributed by atoms with Crippen molar-refractivity contribution in [1.82, 2.24) is 0 Å². The second kappa shape index (κ2) is 4.03. The van der Waals surface area contributed by atoms with E-state index in [9.17, 15) is 0 Å². The SMILES string of the molecule is Cl.NN1CCSc2ccccc21. The summed E-state index contributed by atoms with van der Waals surface area (Å²) in [4.78, 5) is 1.29. The van der Waals surface area contributed by atoms with Crippen molar-refractivity contribution in [1.29, 1.82) is 0 Å². The monoisotopic (exact) mass is 202 g/mol. The molecule has 0 fully saturated rings. The Morgan fingerprint density at radius 1 is 1.33 bits per heavy atom. The van der Waals surface area contributed by atoms with E-state index in [1.54, 1.807) is 0 Å². The van der Waals surface area contributed by atoms with Gasteiger partial charge in [-0.2, -0.15) is 0 Å². The van der Waals surface area contributed by atoms with Gasteiger partial charge >= 0.3 is 0 Å². The molecule has 0 amide bonds. The van der Waals surface area contributed by atoms with E-state index >= 15 is 0 Å². The number of thioether (sulfide) groups is 1. The van der Waals surface area contributed by atoms with E-state index in [2.05, 4.69) is 12.1 Å². The molecule has 0 unspecified atom stereocenters. The molecule has 1 heterocycles. The van der Waals surface area contributed by atoms with Crippen molar-refractivity contribution in [2.24, 2.45) is 5.84 Å². The quantitative estimate of drug-likeness (QED) is 0.652. The van der Waals surface area contributed by atoms with Gasteiger partial charge in [0.1, 0.15) is 0 Å². The van der Waals surface area contributed by atoms with Crippen LogP contribution in [0.3, 0.4) is 0 Å². The predicted octanol–water partition coefficient (Wildman–Crippen LogP) is 1.89. The summed E-state index contributed by atoms with van der Waals surface area (Å²) in [6.45, 7) is 0.946. The second-order valence-electron chi connectivity index (χ2n) is 2.51. The van der Waals surface area contributed by atoms with Gasteiger partial charge in [-0.1, -0.05) is 12.1 Å². The second-order valence-corrected chi connectivity index (χ2v) is 3.65. The molecule has 2 N–H and O–H groups in total. The van der Waals surface area contributed by atoms with E-state index in [-0.39, 0.29) is 12.4 Å². The third-order valence-electron chi connectivity index (χ3n) is 1.76. The molecule has 0 radical (unpaired) electrons. The highest BCUT2D eigenvalue weighted by molar-refractivity contribution is 7.99. The van der Waals surface area contributed by atoms with Gasteiger partial charge in [-0.05, 0) is 12.1 Å². The van der Waals surface area contributed by atoms with Gasteiger partial charge in [0.05, 0.1) is 5.69 Å². The topological polar surface area (TPSA) is 29.3 Å². The van der Waals surface area contributed by atoms with E-state index in [1.165, 1.54) is 4.90 Å². The molecule has 1 aliphatic rings. The lowest BCUT2D eigenvalue weighted by Crippen LogP contribution is -2.35. The number of rotatable bonds is 0. The third kappa shape index (κ3) is 1.68. The van der Waals surface area contributed by atoms with E-state index in [0.29, 0.717) is 0 Å². The molecule has 0 saturated carbocycles. The Morgan fingerprint density at radius 3 is 2.83 bits per heavy atom. The fraction of sp³-hybridized carbons (Fsp3) is 0.250. The van der Waals surface area contributed by atoms with Crippen molar-refractivity contribution >= 4 is 29.9 Å². The predicted molar refractivity (Wildman–Crippen MR) is 55.9 cm³/mol. The normalized spacial score (nSPS) is 14.9. The zero-order valence-corrected chi connectivity index (χ0v) is 8.20. The fourth-order valence-corrected chi connectivity index (χ4v) is 2.21. The molecule has 1 aliphatic heterocycles. The summed E-state index contributed by atoms with van der Waals surface area (Å²) in [5.41, 5.74) is 1.16. The van der Waals surface area contributed by atoms with Crippen LogP contribution in [-0.4, -0.2) is 12.3 Å². The van der Waals surface area contributed by atoms with Crippen LogP contribution in [0.5, 0.6) is 0 Å². The maximum atomic E-state index is 5.77. The Bertz CT molecular complexity index is 267. The number of fused-ring (bicyclic) bond motifs is 1. The molecule has 0 bridgehead atoms. The van der Waals surface area contributed by atoms with Gasteiger partial charge in [-0.3, -0.25) is 0 Å². The summed E-state index contributed by atoms with van der Waals surface area (Å²) >= 11 is 1.87. The number of nitrogens with zero attached hydrogens (tertiary/aromatic N) is 1. The molecule has 1 aromatic carbocycles. The van der Waals surface area contributed by atoms with Crippen molar-refractivity contribution in [3.05, 3.63) is 24.3 Å².